The minimum absolute atomic E-state index is 0.182. The molecule has 0 fully saturated rings. The van der Waals surface area contributed by atoms with E-state index in [1.165, 1.54) is 6.08 Å². The minimum atomic E-state index is -0.315. The summed E-state index contributed by atoms with van der Waals surface area (Å²) >= 11 is 0. The lowest BCUT2D eigenvalue weighted by Crippen LogP contribution is -2.19. The summed E-state index contributed by atoms with van der Waals surface area (Å²) in [7, 11) is 0. The molecular weight excluding hydrogens is 216 g/mol. The lowest BCUT2D eigenvalue weighted by atomic mass is 10.0. The third kappa shape index (κ3) is 2.38. The van der Waals surface area contributed by atoms with Gasteiger partial charge < -0.3 is 9.47 Å². The van der Waals surface area contributed by atoms with E-state index in [2.05, 4.69) is 13.2 Å². The lowest BCUT2D eigenvalue weighted by Gasteiger charge is -2.10. The summed E-state index contributed by atoms with van der Waals surface area (Å²) in [5, 5.41) is 0. The molecule has 17 heavy (non-hydrogen) atoms. The number of hydrogen-bond donors (Lipinski definition) is 0. The highest BCUT2D eigenvalue weighted by Crippen LogP contribution is 2.37. The van der Waals surface area contributed by atoms with Crippen LogP contribution in [-0.4, -0.2) is 18.7 Å². The van der Waals surface area contributed by atoms with Gasteiger partial charge in [0.25, 0.3) is 0 Å². The fourth-order valence-electron chi connectivity index (χ4n) is 1.76. The lowest BCUT2D eigenvalue weighted by molar-refractivity contribution is -0.143. The molecule has 1 aromatic carbocycles. The number of ether oxygens (including phenoxy) is 2. The molecule has 1 aromatic rings. The number of fused-ring (bicyclic) bond motifs is 1. The topological polar surface area (TPSA) is 35.5 Å². The Kier molecular flexibility index (Phi) is 3.28. The molecule has 1 heterocycles. The second-order valence-electron chi connectivity index (χ2n) is 3.80. The van der Waals surface area contributed by atoms with Gasteiger partial charge in [-0.25, -0.2) is 0 Å². The molecule has 1 aliphatic heterocycles. The smallest absolute Gasteiger partial charge is 0.310 e. The molecule has 0 saturated heterocycles. The summed E-state index contributed by atoms with van der Waals surface area (Å²) in [6, 6.07) is 7.62. The summed E-state index contributed by atoms with van der Waals surface area (Å²) in [6.45, 7) is 7.67. The first-order valence-electron chi connectivity index (χ1n) is 5.43. The molecule has 0 spiro atoms. The van der Waals surface area contributed by atoms with Crippen LogP contribution in [0.25, 0.3) is 5.57 Å². The Morgan fingerprint density at radius 3 is 2.94 bits per heavy atom. The molecule has 0 amide bonds. The van der Waals surface area contributed by atoms with E-state index < -0.39 is 0 Å². The number of rotatable bonds is 4. The first-order chi connectivity index (χ1) is 8.22. The van der Waals surface area contributed by atoms with E-state index in [0.717, 1.165) is 16.9 Å². The van der Waals surface area contributed by atoms with Crippen LogP contribution in [0.5, 0.6) is 5.75 Å². The molecular formula is C14H14O3. The van der Waals surface area contributed by atoms with Crippen molar-refractivity contribution in [3.8, 4) is 5.75 Å². The first-order valence-corrected chi connectivity index (χ1v) is 5.43. The Balaban J connectivity index is 2.00. The van der Waals surface area contributed by atoms with E-state index in [1.807, 2.05) is 24.3 Å². The van der Waals surface area contributed by atoms with Crippen molar-refractivity contribution in [3.05, 3.63) is 49.1 Å². The molecule has 1 atom stereocenters. The van der Waals surface area contributed by atoms with Crippen LogP contribution in [0.4, 0.5) is 0 Å². The number of para-hydroxylation sites is 1. The molecule has 2 rings (SSSR count). The molecule has 0 N–H and O–H groups in total. The van der Waals surface area contributed by atoms with Crippen molar-refractivity contribution in [1.29, 1.82) is 0 Å². The molecule has 3 heteroatoms. The highest BCUT2D eigenvalue weighted by Gasteiger charge is 2.28. The maximum atomic E-state index is 11.5. The van der Waals surface area contributed by atoms with Gasteiger partial charge in [0.2, 0.25) is 0 Å². The van der Waals surface area contributed by atoms with Crippen LogP contribution in [0.15, 0.2) is 43.5 Å². The zero-order valence-corrected chi connectivity index (χ0v) is 9.52. The molecule has 3 nitrogen and oxygen atoms in total. The van der Waals surface area contributed by atoms with E-state index in [-0.39, 0.29) is 25.1 Å². The average Bonchev–Trinajstić information content (AvgIpc) is 2.64. The van der Waals surface area contributed by atoms with Crippen molar-refractivity contribution in [2.75, 3.05) is 6.61 Å². The number of benzene rings is 1. The van der Waals surface area contributed by atoms with Crippen molar-refractivity contribution >= 4 is 11.5 Å². The Morgan fingerprint density at radius 1 is 1.47 bits per heavy atom. The third-order valence-corrected chi connectivity index (χ3v) is 2.61. The van der Waals surface area contributed by atoms with Crippen LogP contribution in [-0.2, 0) is 9.53 Å². The predicted octanol–water partition coefficient (Wildman–Crippen LogP) is 2.58. The minimum Gasteiger partial charge on any atom is -0.484 e. The van der Waals surface area contributed by atoms with Gasteiger partial charge in [-0.05, 0) is 11.6 Å². The quantitative estimate of drug-likeness (QED) is 0.589. The summed E-state index contributed by atoms with van der Waals surface area (Å²) in [4.78, 5) is 11.5. The van der Waals surface area contributed by atoms with Gasteiger partial charge in [-0.2, -0.15) is 0 Å². The molecule has 0 radical (unpaired) electrons. The molecule has 0 saturated carbocycles. The van der Waals surface area contributed by atoms with Gasteiger partial charge in [-0.3, -0.25) is 4.79 Å². The number of hydrogen-bond acceptors (Lipinski definition) is 3. The molecule has 0 aromatic heterocycles. The predicted molar refractivity (Wildman–Crippen MR) is 65.7 cm³/mol. The first kappa shape index (κ1) is 11.5. The van der Waals surface area contributed by atoms with Gasteiger partial charge in [0.15, 0.2) is 0 Å². The van der Waals surface area contributed by atoms with Crippen LogP contribution in [0.1, 0.15) is 12.0 Å². The standard InChI is InChI=1S/C14H14O3/c1-3-8-16-14(15)9-13-10(2)11-6-4-5-7-12(11)17-13/h3-7,13H,1-2,8-9H2. The van der Waals surface area contributed by atoms with Crippen LogP contribution in [0, 0.1) is 0 Å². The zero-order chi connectivity index (χ0) is 12.3. The Bertz CT molecular complexity index is 462. The van der Waals surface area contributed by atoms with E-state index in [9.17, 15) is 4.79 Å². The van der Waals surface area contributed by atoms with Gasteiger partial charge in [0.05, 0.1) is 6.42 Å². The van der Waals surface area contributed by atoms with Crippen molar-refractivity contribution in [2.24, 2.45) is 0 Å². The van der Waals surface area contributed by atoms with Crippen LogP contribution in [0.3, 0.4) is 0 Å². The fraction of sp³-hybridized carbons (Fsp3) is 0.214. The highest BCUT2D eigenvalue weighted by atomic mass is 16.5. The number of carbonyl (C=O) groups excluding carboxylic acids is 1. The summed E-state index contributed by atoms with van der Waals surface area (Å²) in [5.41, 5.74) is 1.80. The van der Waals surface area contributed by atoms with Crippen molar-refractivity contribution in [2.45, 2.75) is 12.5 Å². The van der Waals surface area contributed by atoms with Crippen molar-refractivity contribution in [1.82, 2.24) is 0 Å². The van der Waals surface area contributed by atoms with Crippen molar-refractivity contribution in [3.63, 3.8) is 0 Å². The molecule has 88 valence electrons. The highest BCUT2D eigenvalue weighted by molar-refractivity contribution is 5.80. The van der Waals surface area contributed by atoms with Crippen LogP contribution in [0.2, 0.25) is 0 Å². The second-order valence-corrected chi connectivity index (χ2v) is 3.80. The monoisotopic (exact) mass is 230 g/mol. The van der Waals surface area contributed by atoms with Gasteiger partial charge in [0, 0.05) is 5.56 Å². The largest absolute Gasteiger partial charge is 0.484 e. The van der Waals surface area contributed by atoms with E-state index >= 15 is 0 Å². The maximum Gasteiger partial charge on any atom is 0.310 e. The van der Waals surface area contributed by atoms with Crippen molar-refractivity contribution < 1.29 is 14.3 Å². The van der Waals surface area contributed by atoms with Crippen LogP contribution >= 0.6 is 0 Å². The van der Waals surface area contributed by atoms with E-state index in [1.54, 1.807) is 0 Å². The molecule has 0 aliphatic carbocycles. The zero-order valence-electron chi connectivity index (χ0n) is 9.52. The maximum absolute atomic E-state index is 11.5. The number of carbonyl (C=O) groups is 1. The Labute approximate surface area is 100 Å². The fourth-order valence-corrected chi connectivity index (χ4v) is 1.76. The summed E-state index contributed by atoms with van der Waals surface area (Å²) < 4.78 is 10.6. The SMILES string of the molecule is C=CCOC(=O)CC1Oc2ccccc2C1=C. The van der Waals surface area contributed by atoms with Gasteiger partial charge in [0.1, 0.15) is 18.5 Å². The molecule has 1 aliphatic rings. The van der Waals surface area contributed by atoms with Gasteiger partial charge in [-0.15, -0.1) is 0 Å². The number of esters is 1. The normalized spacial score (nSPS) is 17.2. The molecule has 0 bridgehead atoms. The molecule has 1 unspecified atom stereocenters. The summed E-state index contributed by atoms with van der Waals surface area (Å²) in [6.07, 6.45) is 1.41. The Hall–Kier alpha value is -2.03. The van der Waals surface area contributed by atoms with Gasteiger partial charge >= 0.3 is 5.97 Å². The van der Waals surface area contributed by atoms with E-state index in [4.69, 9.17) is 9.47 Å². The summed E-state index contributed by atoms with van der Waals surface area (Å²) in [5.74, 6) is 0.475. The van der Waals surface area contributed by atoms with Gasteiger partial charge in [-0.1, -0.05) is 37.4 Å². The average molecular weight is 230 g/mol. The third-order valence-electron chi connectivity index (χ3n) is 2.61. The Morgan fingerprint density at radius 2 is 2.24 bits per heavy atom. The second kappa shape index (κ2) is 4.87. The van der Waals surface area contributed by atoms with E-state index in [0.29, 0.717) is 0 Å². The van der Waals surface area contributed by atoms with Crippen LogP contribution < -0.4 is 4.74 Å².